The van der Waals surface area contributed by atoms with Crippen LogP contribution in [0, 0.1) is 5.92 Å². The first-order chi connectivity index (χ1) is 14.4. The predicted molar refractivity (Wildman–Crippen MR) is 125 cm³/mol. The number of benzene rings is 1. The quantitative estimate of drug-likeness (QED) is 0.652. The monoisotopic (exact) mass is 446 g/mol. The van der Waals surface area contributed by atoms with Gasteiger partial charge in [0.2, 0.25) is 0 Å². The highest BCUT2D eigenvalue weighted by Crippen LogP contribution is 2.28. The van der Waals surface area contributed by atoms with Crippen LogP contribution in [0.3, 0.4) is 0 Å². The molecular formula is C24H34N2O4S. The number of nitrogens with zero attached hydrogens (tertiary/aromatic N) is 2. The van der Waals surface area contributed by atoms with E-state index in [1.807, 2.05) is 32.9 Å². The molecule has 1 atom stereocenters. The van der Waals surface area contributed by atoms with Gasteiger partial charge in [0, 0.05) is 24.4 Å². The molecule has 1 saturated heterocycles. The fraction of sp³-hybridized carbons (Fsp3) is 0.583. The highest BCUT2D eigenvalue weighted by Gasteiger charge is 2.32. The molecule has 2 aliphatic rings. The first kappa shape index (κ1) is 23.5. The van der Waals surface area contributed by atoms with Crippen molar-refractivity contribution >= 4 is 21.9 Å². The maximum Gasteiger partial charge on any atom is 0.410 e. The third kappa shape index (κ3) is 6.42. The molecule has 1 aromatic rings. The molecule has 1 amide bonds. The van der Waals surface area contributed by atoms with Gasteiger partial charge in [-0.2, -0.15) is 0 Å². The molecule has 31 heavy (non-hydrogen) atoms. The second-order valence-electron chi connectivity index (χ2n) is 10.2. The van der Waals surface area contributed by atoms with Gasteiger partial charge in [-0.1, -0.05) is 32.9 Å². The van der Waals surface area contributed by atoms with Crippen LogP contribution in [0.5, 0.6) is 5.75 Å². The summed E-state index contributed by atoms with van der Waals surface area (Å²) >= 11 is 0. The van der Waals surface area contributed by atoms with Crippen LogP contribution < -0.4 is 4.74 Å². The van der Waals surface area contributed by atoms with E-state index in [4.69, 9.17) is 9.47 Å². The number of aliphatic imine (C=N–C) groups is 1. The number of likely N-dealkylation sites (tertiary alicyclic amines) is 1. The molecule has 0 aromatic heterocycles. The zero-order valence-electron chi connectivity index (χ0n) is 19.4. The van der Waals surface area contributed by atoms with Gasteiger partial charge in [0.15, 0.2) is 0 Å². The number of hydrogen-bond acceptors (Lipinski definition) is 5. The van der Waals surface area contributed by atoms with Gasteiger partial charge < -0.3 is 14.4 Å². The molecule has 170 valence electrons. The Kier molecular flexibility index (Phi) is 6.94. The zero-order valence-corrected chi connectivity index (χ0v) is 20.3. The fourth-order valence-electron chi connectivity index (χ4n) is 3.56. The number of carbonyl (C=O) groups is 1. The Morgan fingerprint density at radius 3 is 2.26 bits per heavy atom. The molecule has 3 rings (SSSR count). The van der Waals surface area contributed by atoms with Crippen molar-refractivity contribution in [1.29, 1.82) is 0 Å². The Hall–Kier alpha value is -2.15. The minimum atomic E-state index is -1.23. The first-order valence-corrected chi connectivity index (χ1v) is 12.0. The molecule has 0 N–H and O–H groups in total. The largest absolute Gasteiger partial charge is 0.487 e. The highest BCUT2D eigenvalue weighted by molar-refractivity contribution is 8.03. The van der Waals surface area contributed by atoms with E-state index < -0.39 is 16.4 Å². The molecular weight excluding hydrogens is 412 g/mol. The summed E-state index contributed by atoms with van der Waals surface area (Å²) in [4.78, 5) is 18.6. The van der Waals surface area contributed by atoms with Crippen LogP contribution >= 0.6 is 0 Å². The zero-order chi connectivity index (χ0) is 22.8. The molecule has 0 radical (unpaired) electrons. The molecule has 1 aromatic carbocycles. The van der Waals surface area contributed by atoms with Crippen molar-refractivity contribution in [3.63, 3.8) is 0 Å². The summed E-state index contributed by atoms with van der Waals surface area (Å²) in [6.07, 6.45) is 1.19. The summed E-state index contributed by atoms with van der Waals surface area (Å²) in [5.41, 5.74) is 1.54. The van der Waals surface area contributed by atoms with Crippen molar-refractivity contribution in [3.05, 3.63) is 40.9 Å². The van der Waals surface area contributed by atoms with E-state index >= 15 is 0 Å². The van der Waals surface area contributed by atoms with E-state index in [0.29, 0.717) is 30.4 Å². The standard InChI is InChI=1S/C24H34N2O4S/c1-23(2,3)18-7-9-20(10-8-18)29-15-19-16-31(28)21(25-19)17-11-13-26(14-12-17)22(27)30-24(4,5)6/h7-10,16-17H,11-15H2,1-6H3. The average Bonchev–Trinajstić information content (AvgIpc) is 3.05. The third-order valence-electron chi connectivity index (χ3n) is 5.31. The number of ether oxygens (including phenoxy) is 2. The van der Waals surface area contributed by atoms with Crippen LogP contribution in [0.15, 0.2) is 40.4 Å². The number of hydrogen-bond donors (Lipinski definition) is 0. The van der Waals surface area contributed by atoms with Crippen molar-refractivity contribution in [2.75, 3.05) is 19.7 Å². The third-order valence-corrected chi connectivity index (χ3v) is 6.63. The van der Waals surface area contributed by atoms with Gasteiger partial charge in [-0.15, -0.1) is 0 Å². The van der Waals surface area contributed by atoms with Crippen LogP contribution in [-0.4, -0.2) is 45.5 Å². The number of carbonyl (C=O) groups excluding carboxylic acids is 1. The van der Waals surface area contributed by atoms with Crippen LogP contribution in [0.2, 0.25) is 0 Å². The molecule has 1 unspecified atom stereocenters. The van der Waals surface area contributed by atoms with Gasteiger partial charge in [0.25, 0.3) is 0 Å². The van der Waals surface area contributed by atoms with Crippen LogP contribution in [0.25, 0.3) is 0 Å². The Labute approximate surface area is 188 Å². The van der Waals surface area contributed by atoms with Crippen LogP contribution in [0.4, 0.5) is 4.79 Å². The smallest absolute Gasteiger partial charge is 0.410 e. The molecule has 0 bridgehead atoms. The van der Waals surface area contributed by atoms with Crippen molar-refractivity contribution in [2.24, 2.45) is 10.9 Å². The van der Waals surface area contributed by atoms with Crippen LogP contribution in [-0.2, 0) is 21.0 Å². The van der Waals surface area contributed by atoms with Gasteiger partial charge in [0.1, 0.15) is 23.0 Å². The van der Waals surface area contributed by atoms with Crippen molar-refractivity contribution in [2.45, 2.75) is 65.4 Å². The number of rotatable bonds is 4. The molecule has 2 aliphatic heterocycles. The minimum Gasteiger partial charge on any atom is -0.487 e. The topological polar surface area (TPSA) is 68.2 Å². The second-order valence-corrected chi connectivity index (χ2v) is 11.4. The van der Waals surface area contributed by atoms with Crippen molar-refractivity contribution < 1.29 is 18.5 Å². The Morgan fingerprint density at radius 2 is 1.71 bits per heavy atom. The van der Waals surface area contributed by atoms with Gasteiger partial charge in [0.05, 0.1) is 16.5 Å². The van der Waals surface area contributed by atoms with E-state index in [0.717, 1.165) is 18.6 Å². The summed E-state index contributed by atoms with van der Waals surface area (Å²) in [5.74, 6) is 0.883. The molecule has 0 saturated carbocycles. The van der Waals surface area contributed by atoms with E-state index in [2.05, 4.69) is 37.9 Å². The molecule has 7 heteroatoms. The van der Waals surface area contributed by atoms with E-state index in [9.17, 15) is 9.00 Å². The number of amides is 1. The Balaban J connectivity index is 1.52. The minimum absolute atomic E-state index is 0.0989. The summed E-state index contributed by atoms with van der Waals surface area (Å²) in [7, 11) is -1.23. The lowest BCUT2D eigenvalue weighted by Crippen LogP contribution is -2.43. The fourth-order valence-corrected chi connectivity index (χ4v) is 4.82. The van der Waals surface area contributed by atoms with Crippen molar-refractivity contribution in [1.82, 2.24) is 4.90 Å². The van der Waals surface area contributed by atoms with E-state index in [1.54, 1.807) is 10.3 Å². The summed E-state index contributed by atoms with van der Waals surface area (Å²) in [5, 5.41) is 2.38. The average molecular weight is 447 g/mol. The summed E-state index contributed by atoms with van der Waals surface area (Å²) in [6, 6.07) is 8.07. The molecule has 0 spiro atoms. The maximum atomic E-state index is 12.6. The molecule has 1 fully saturated rings. The van der Waals surface area contributed by atoms with Gasteiger partial charge in [-0.3, -0.25) is 0 Å². The highest BCUT2D eigenvalue weighted by atomic mass is 32.2. The predicted octanol–water partition coefficient (Wildman–Crippen LogP) is 5.01. The molecule has 0 aliphatic carbocycles. The second kappa shape index (κ2) is 9.15. The van der Waals surface area contributed by atoms with Gasteiger partial charge in [-0.25, -0.2) is 14.0 Å². The van der Waals surface area contributed by atoms with Gasteiger partial charge >= 0.3 is 6.09 Å². The Morgan fingerprint density at radius 1 is 1.10 bits per heavy atom. The lowest BCUT2D eigenvalue weighted by molar-refractivity contribution is 0.0202. The lowest BCUT2D eigenvalue weighted by atomic mass is 9.87. The van der Waals surface area contributed by atoms with E-state index in [-0.39, 0.29) is 17.4 Å². The number of piperidine rings is 1. The lowest BCUT2D eigenvalue weighted by Gasteiger charge is -2.33. The normalized spacial score (nSPS) is 20.3. The van der Waals surface area contributed by atoms with E-state index in [1.165, 1.54) is 5.56 Å². The molecule has 2 heterocycles. The summed E-state index contributed by atoms with van der Waals surface area (Å²) < 4.78 is 23.9. The van der Waals surface area contributed by atoms with Crippen molar-refractivity contribution in [3.8, 4) is 5.75 Å². The first-order valence-electron chi connectivity index (χ1n) is 10.8. The maximum absolute atomic E-state index is 12.6. The van der Waals surface area contributed by atoms with Gasteiger partial charge in [-0.05, 0) is 56.7 Å². The summed E-state index contributed by atoms with van der Waals surface area (Å²) in [6.45, 7) is 13.6. The SMILES string of the molecule is CC(C)(C)OC(=O)N1CCC(C2=NC(COc3ccc(C(C)(C)C)cc3)=CS2=O)CC1. The van der Waals surface area contributed by atoms with Crippen LogP contribution in [0.1, 0.15) is 59.9 Å². The Bertz CT molecular complexity index is 884. The molecule has 6 nitrogen and oxygen atoms in total.